The third kappa shape index (κ3) is 3.02. The Hall–Kier alpha value is -0.520. The lowest BCUT2D eigenvalue weighted by atomic mass is 9.88. The van der Waals surface area contributed by atoms with Gasteiger partial charge in [-0.1, -0.05) is 6.92 Å². The van der Waals surface area contributed by atoms with Gasteiger partial charge in [-0.05, 0) is 25.8 Å². The van der Waals surface area contributed by atoms with Crippen molar-refractivity contribution in [2.45, 2.75) is 38.2 Å². The number of piperidine rings is 1. The molecule has 1 aliphatic rings. The molecule has 0 aromatic rings. The third-order valence-corrected chi connectivity index (χ3v) is 2.76. The minimum atomic E-state index is -0.570. The second-order valence-corrected chi connectivity index (χ2v) is 3.95. The molecule has 0 radical (unpaired) electrons. The number of rotatable bonds is 3. The van der Waals surface area contributed by atoms with Crippen molar-refractivity contribution in [1.29, 1.82) is 0 Å². The Labute approximate surface area is 80.9 Å². The van der Waals surface area contributed by atoms with Gasteiger partial charge in [0.1, 0.15) is 0 Å². The fourth-order valence-corrected chi connectivity index (χ4v) is 1.88. The summed E-state index contributed by atoms with van der Waals surface area (Å²) < 4.78 is 0. The second kappa shape index (κ2) is 4.64. The van der Waals surface area contributed by atoms with Gasteiger partial charge < -0.3 is 10.0 Å². The van der Waals surface area contributed by atoms with Gasteiger partial charge in [-0.15, -0.1) is 12.3 Å². The molecule has 1 heterocycles. The number of likely N-dealkylation sites (tertiary alicyclic amines) is 1. The largest absolute Gasteiger partial charge is 0.389 e. The van der Waals surface area contributed by atoms with E-state index in [1.54, 1.807) is 0 Å². The fraction of sp³-hybridized carbons (Fsp3) is 0.818. The highest BCUT2D eigenvalue weighted by molar-refractivity contribution is 4.97. The first kappa shape index (κ1) is 10.6. The van der Waals surface area contributed by atoms with Crippen LogP contribution in [0.5, 0.6) is 0 Å². The van der Waals surface area contributed by atoms with Crippen molar-refractivity contribution in [2.24, 2.45) is 0 Å². The molecule has 2 heteroatoms. The van der Waals surface area contributed by atoms with Gasteiger partial charge in [0, 0.05) is 19.5 Å². The smallest absolute Gasteiger partial charge is 0.0780 e. The standard InChI is InChI=1S/C11H19NO/c1-3-5-11(13)6-9-12(8-4-2)10-7-11/h1,13H,4-10H2,2H3. The van der Waals surface area contributed by atoms with Crippen molar-refractivity contribution in [3.63, 3.8) is 0 Å². The summed E-state index contributed by atoms with van der Waals surface area (Å²) in [4.78, 5) is 2.39. The number of nitrogens with zero attached hydrogens (tertiary/aromatic N) is 1. The SMILES string of the molecule is C#CCC1(O)CCN(CCC)CC1. The van der Waals surface area contributed by atoms with Crippen LogP contribution in [0.4, 0.5) is 0 Å². The number of terminal acetylenes is 1. The Morgan fingerprint density at radius 1 is 1.46 bits per heavy atom. The third-order valence-electron chi connectivity index (χ3n) is 2.76. The van der Waals surface area contributed by atoms with Gasteiger partial charge in [0.15, 0.2) is 0 Å². The molecule has 0 bridgehead atoms. The monoisotopic (exact) mass is 181 g/mol. The zero-order valence-corrected chi connectivity index (χ0v) is 8.42. The van der Waals surface area contributed by atoms with Crippen LogP contribution in [0.25, 0.3) is 0 Å². The average molecular weight is 181 g/mol. The van der Waals surface area contributed by atoms with Gasteiger partial charge in [-0.3, -0.25) is 0 Å². The first-order valence-electron chi connectivity index (χ1n) is 5.08. The van der Waals surface area contributed by atoms with E-state index in [0.29, 0.717) is 6.42 Å². The highest BCUT2D eigenvalue weighted by atomic mass is 16.3. The Morgan fingerprint density at radius 3 is 2.54 bits per heavy atom. The van der Waals surface area contributed by atoms with Gasteiger partial charge in [0.25, 0.3) is 0 Å². The first-order valence-corrected chi connectivity index (χ1v) is 5.08. The lowest BCUT2D eigenvalue weighted by Crippen LogP contribution is -2.44. The summed E-state index contributed by atoms with van der Waals surface area (Å²) in [7, 11) is 0. The van der Waals surface area contributed by atoms with Gasteiger partial charge in [-0.2, -0.15) is 0 Å². The minimum absolute atomic E-state index is 0.507. The van der Waals surface area contributed by atoms with E-state index >= 15 is 0 Å². The molecule has 1 aliphatic heterocycles. The summed E-state index contributed by atoms with van der Waals surface area (Å²) in [6.45, 7) is 5.31. The topological polar surface area (TPSA) is 23.5 Å². The Bertz CT molecular complexity index is 187. The van der Waals surface area contributed by atoms with Crippen LogP contribution >= 0.6 is 0 Å². The van der Waals surface area contributed by atoms with Crippen LogP contribution in [0.2, 0.25) is 0 Å². The van der Waals surface area contributed by atoms with Crippen molar-refractivity contribution in [3.05, 3.63) is 0 Å². The zero-order valence-electron chi connectivity index (χ0n) is 8.42. The van der Waals surface area contributed by atoms with E-state index in [9.17, 15) is 5.11 Å². The van der Waals surface area contributed by atoms with Crippen molar-refractivity contribution in [1.82, 2.24) is 4.90 Å². The van der Waals surface area contributed by atoms with Crippen LogP contribution in [-0.4, -0.2) is 35.2 Å². The van der Waals surface area contributed by atoms with E-state index in [1.807, 2.05) is 0 Å². The Morgan fingerprint density at radius 2 is 2.08 bits per heavy atom. The lowest BCUT2D eigenvalue weighted by Gasteiger charge is -2.37. The number of aliphatic hydroxyl groups is 1. The molecule has 0 aromatic heterocycles. The second-order valence-electron chi connectivity index (χ2n) is 3.95. The maximum Gasteiger partial charge on any atom is 0.0780 e. The average Bonchev–Trinajstić information content (AvgIpc) is 2.10. The molecule has 0 atom stereocenters. The summed E-state index contributed by atoms with van der Waals surface area (Å²) in [6.07, 6.45) is 8.57. The molecule has 74 valence electrons. The van der Waals surface area contributed by atoms with Gasteiger partial charge in [0.05, 0.1) is 5.60 Å². The van der Waals surface area contributed by atoms with Gasteiger partial charge in [-0.25, -0.2) is 0 Å². The minimum Gasteiger partial charge on any atom is -0.389 e. The van der Waals surface area contributed by atoms with Crippen LogP contribution in [0, 0.1) is 12.3 Å². The Balaban J connectivity index is 2.34. The van der Waals surface area contributed by atoms with Crippen LogP contribution in [0.3, 0.4) is 0 Å². The van der Waals surface area contributed by atoms with Gasteiger partial charge >= 0.3 is 0 Å². The van der Waals surface area contributed by atoms with E-state index in [4.69, 9.17) is 6.42 Å². The predicted molar refractivity (Wildman–Crippen MR) is 54.4 cm³/mol. The summed E-state index contributed by atoms with van der Waals surface area (Å²) in [6, 6.07) is 0. The van der Waals surface area contributed by atoms with Crippen LogP contribution < -0.4 is 0 Å². The summed E-state index contributed by atoms with van der Waals surface area (Å²) in [5.41, 5.74) is -0.570. The summed E-state index contributed by atoms with van der Waals surface area (Å²) >= 11 is 0. The molecule has 0 aromatic carbocycles. The quantitative estimate of drug-likeness (QED) is 0.662. The normalized spacial score (nSPS) is 22.5. The molecule has 0 aliphatic carbocycles. The molecule has 0 spiro atoms. The molecule has 0 unspecified atom stereocenters. The van der Waals surface area contributed by atoms with E-state index in [2.05, 4.69) is 17.7 Å². The molecular formula is C11H19NO. The molecule has 0 saturated carbocycles. The van der Waals surface area contributed by atoms with Crippen molar-refractivity contribution < 1.29 is 5.11 Å². The highest BCUT2D eigenvalue weighted by Crippen LogP contribution is 2.24. The van der Waals surface area contributed by atoms with E-state index in [0.717, 1.165) is 32.5 Å². The zero-order chi connectivity index (χ0) is 9.73. The molecule has 1 fully saturated rings. The summed E-state index contributed by atoms with van der Waals surface area (Å²) in [5.74, 6) is 2.56. The van der Waals surface area contributed by atoms with Crippen molar-refractivity contribution >= 4 is 0 Å². The first-order chi connectivity index (χ1) is 6.20. The Kier molecular flexibility index (Phi) is 3.77. The van der Waals surface area contributed by atoms with E-state index in [1.165, 1.54) is 6.42 Å². The van der Waals surface area contributed by atoms with Crippen LogP contribution in [0.15, 0.2) is 0 Å². The maximum atomic E-state index is 9.99. The fourth-order valence-electron chi connectivity index (χ4n) is 1.88. The molecular weight excluding hydrogens is 162 g/mol. The molecule has 0 amide bonds. The predicted octanol–water partition coefficient (Wildman–Crippen LogP) is 1.25. The lowest BCUT2D eigenvalue weighted by molar-refractivity contribution is -0.0166. The number of hydrogen-bond donors (Lipinski definition) is 1. The highest BCUT2D eigenvalue weighted by Gasteiger charge is 2.30. The van der Waals surface area contributed by atoms with Crippen LogP contribution in [-0.2, 0) is 0 Å². The molecule has 2 nitrogen and oxygen atoms in total. The summed E-state index contributed by atoms with van der Waals surface area (Å²) in [5, 5.41) is 9.99. The van der Waals surface area contributed by atoms with Crippen LogP contribution in [0.1, 0.15) is 32.6 Å². The molecule has 1 saturated heterocycles. The van der Waals surface area contributed by atoms with E-state index in [-0.39, 0.29) is 0 Å². The molecule has 13 heavy (non-hydrogen) atoms. The van der Waals surface area contributed by atoms with Gasteiger partial charge in [0.2, 0.25) is 0 Å². The molecule has 1 rings (SSSR count). The maximum absolute atomic E-state index is 9.99. The van der Waals surface area contributed by atoms with Crippen molar-refractivity contribution in [3.8, 4) is 12.3 Å². The molecule has 1 N–H and O–H groups in total. The van der Waals surface area contributed by atoms with E-state index < -0.39 is 5.60 Å². The number of hydrogen-bond acceptors (Lipinski definition) is 2. The van der Waals surface area contributed by atoms with Crippen molar-refractivity contribution in [2.75, 3.05) is 19.6 Å².